The molecule has 0 saturated heterocycles. The van der Waals surface area contributed by atoms with Crippen LogP contribution in [0.2, 0.25) is 0 Å². The van der Waals surface area contributed by atoms with Crippen molar-refractivity contribution in [2.75, 3.05) is 26.6 Å². The monoisotopic (exact) mass is 474 g/mol. The predicted octanol–water partition coefficient (Wildman–Crippen LogP) is 4.18. The van der Waals surface area contributed by atoms with Crippen LogP contribution in [0.4, 0.5) is 10.5 Å². The summed E-state index contributed by atoms with van der Waals surface area (Å²) in [6.45, 7) is 0.313. The summed E-state index contributed by atoms with van der Waals surface area (Å²) >= 11 is 0. The highest BCUT2D eigenvalue weighted by Gasteiger charge is 2.19. The SMILES string of the molecule is COc1ccccc1NC(=O)N(Cc1cccnc1)Cc1cc2cc(OC)c(OC)cc2[nH]c1=O. The number of aromatic nitrogens is 2. The van der Waals surface area contributed by atoms with Crippen LogP contribution in [-0.2, 0) is 13.1 Å². The van der Waals surface area contributed by atoms with Crippen molar-refractivity contribution >= 4 is 22.6 Å². The van der Waals surface area contributed by atoms with Crippen LogP contribution in [0.5, 0.6) is 17.2 Å². The summed E-state index contributed by atoms with van der Waals surface area (Å²) < 4.78 is 16.1. The second kappa shape index (κ2) is 10.6. The van der Waals surface area contributed by atoms with E-state index in [2.05, 4.69) is 15.3 Å². The Morgan fingerprint density at radius 3 is 2.40 bits per heavy atom. The number of para-hydroxylation sites is 2. The molecule has 2 heterocycles. The van der Waals surface area contributed by atoms with Crippen molar-refractivity contribution in [3.8, 4) is 17.2 Å². The Balaban J connectivity index is 1.68. The molecule has 0 atom stereocenters. The van der Waals surface area contributed by atoms with E-state index in [4.69, 9.17) is 14.2 Å². The molecule has 0 saturated carbocycles. The number of fused-ring (bicyclic) bond motifs is 1. The molecule has 180 valence electrons. The van der Waals surface area contributed by atoms with Crippen molar-refractivity contribution in [2.45, 2.75) is 13.1 Å². The fourth-order valence-corrected chi connectivity index (χ4v) is 3.76. The van der Waals surface area contributed by atoms with Gasteiger partial charge in [-0.1, -0.05) is 18.2 Å². The number of rotatable bonds is 8. The molecule has 0 radical (unpaired) electrons. The Morgan fingerprint density at radius 2 is 1.69 bits per heavy atom. The number of amides is 2. The molecule has 4 aromatic rings. The van der Waals surface area contributed by atoms with Crippen molar-refractivity contribution in [1.29, 1.82) is 0 Å². The molecule has 0 fully saturated rings. The largest absolute Gasteiger partial charge is 0.495 e. The van der Waals surface area contributed by atoms with E-state index >= 15 is 0 Å². The molecule has 0 bridgehead atoms. The van der Waals surface area contributed by atoms with E-state index < -0.39 is 0 Å². The minimum absolute atomic E-state index is 0.0650. The number of aromatic amines is 1. The minimum Gasteiger partial charge on any atom is -0.495 e. The number of carbonyl (C=O) groups is 1. The number of hydrogen-bond donors (Lipinski definition) is 2. The standard InChI is InChI=1S/C26H26N4O5/c1-33-22-9-5-4-8-20(22)29-26(32)30(15-17-7-6-10-27-14-17)16-19-11-18-12-23(34-2)24(35-3)13-21(18)28-25(19)31/h4-14H,15-16H2,1-3H3,(H,28,31)(H,29,32). The molecule has 0 aliphatic heterocycles. The van der Waals surface area contributed by atoms with Gasteiger partial charge in [0.15, 0.2) is 11.5 Å². The molecule has 2 aromatic carbocycles. The van der Waals surface area contributed by atoms with Gasteiger partial charge < -0.3 is 29.4 Å². The summed E-state index contributed by atoms with van der Waals surface area (Å²) in [5, 5.41) is 3.64. The van der Waals surface area contributed by atoms with Crippen LogP contribution in [0.15, 0.2) is 71.8 Å². The molecule has 2 amide bonds. The number of pyridine rings is 2. The smallest absolute Gasteiger partial charge is 0.322 e. The Morgan fingerprint density at radius 1 is 0.943 bits per heavy atom. The summed E-state index contributed by atoms with van der Waals surface area (Å²) in [6.07, 6.45) is 3.35. The van der Waals surface area contributed by atoms with Crippen LogP contribution in [0.25, 0.3) is 10.9 Å². The van der Waals surface area contributed by atoms with E-state index in [1.54, 1.807) is 66.9 Å². The van der Waals surface area contributed by atoms with Crippen molar-refractivity contribution in [3.05, 3.63) is 88.5 Å². The number of ether oxygens (including phenoxy) is 3. The third-order valence-electron chi connectivity index (χ3n) is 5.52. The number of carbonyl (C=O) groups excluding carboxylic acids is 1. The average molecular weight is 475 g/mol. The number of methoxy groups -OCH3 is 3. The lowest BCUT2D eigenvalue weighted by molar-refractivity contribution is 0.206. The van der Waals surface area contributed by atoms with E-state index in [1.165, 1.54) is 14.2 Å². The quantitative estimate of drug-likeness (QED) is 0.397. The van der Waals surface area contributed by atoms with Gasteiger partial charge in [-0.15, -0.1) is 0 Å². The van der Waals surface area contributed by atoms with Gasteiger partial charge in [0.05, 0.1) is 39.1 Å². The van der Waals surface area contributed by atoms with Gasteiger partial charge in [-0.3, -0.25) is 9.78 Å². The Hall–Kier alpha value is -4.53. The summed E-state index contributed by atoms with van der Waals surface area (Å²) in [5.41, 5.74) is 2.08. The number of hydrogen-bond acceptors (Lipinski definition) is 6. The number of nitrogens with one attached hydrogen (secondary N) is 2. The van der Waals surface area contributed by atoms with E-state index in [1.807, 2.05) is 12.1 Å². The maximum atomic E-state index is 13.3. The molecular formula is C26H26N4O5. The van der Waals surface area contributed by atoms with E-state index in [0.29, 0.717) is 34.0 Å². The molecule has 2 aromatic heterocycles. The number of H-pyrrole nitrogens is 1. The first kappa shape index (κ1) is 23.6. The van der Waals surface area contributed by atoms with Crippen LogP contribution in [0.1, 0.15) is 11.1 Å². The maximum absolute atomic E-state index is 13.3. The second-order valence-corrected chi connectivity index (χ2v) is 7.77. The Labute approximate surface area is 202 Å². The van der Waals surface area contributed by atoms with E-state index in [9.17, 15) is 9.59 Å². The predicted molar refractivity (Wildman–Crippen MR) is 133 cm³/mol. The first-order chi connectivity index (χ1) is 17.0. The molecular weight excluding hydrogens is 448 g/mol. The lowest BCUT2D eigenvalue weighted by atomic mass is 10.1. The van der Waals surface area contributed by atoms with Crippen molar-refractivity contribution < 1.29 is 19.0 Å². The summed E-state index contributed by atoms with van der Waals surface area (Å²) in [6, 6.07) is 15.7. The lowest BCUT2D eigenvalue weighted by Crippen LogP contribution is -2.35. The summed E-state index contributed by atoms with van der Waals surface area (Å²) in [5.74, 6) is 1.59. The van der Waals surface area contributed by atoms with Gasteiger partial charge in [0.25, 0.3) is 5.56 Å². The highest BCUT2D eigenvalue weighted by atomic mass is 16.5. The van der Waals surface area contributed by atoms with Crippen molar-refractivity contribution in [1.82, 2.24) is 14.9 Å². The molecule has 0 unspecified atom stereocenters. The number of benzene rings is 2. The molecule has 2 N–H and O–H groups in total. The Kier molecular flexibility index (Phi) is 7.15. The van der Waals surface area contributed by atoms with Crippen molar-refractivity contribution in [2.24, 2.45) is 0 Å². The third-order valence-corrected chi connectivity index (χ3v) is 5.52. The van der Waals surface area contributed by atoms with Crippen LogP contribution in [0.3, 0.4) is 0 Å². The normalized spacial score (nSPS) is 10.6. The average Bonchev–Trinajstić information content (AvgIpc) is 2.88. The van der Waals surface area contributed by atoms with Gasteiger partial charge in [-0.05, 0) is 35.9 Å². The van der Waals surface area contributed by atoms with E-state index in [-0.39, 0.29) is 24.7 Å². The zero-order valence-electron chi connectivity index (χ0n) is 19.7. The zero-order valence-corrected chi connectivity index (χ0v) is 19.7. The zero-order chi connectivity index (χ0) is 24.8. The van der Waals surface area contributed by atoms with Gasteiger partial charge in [0.1, 0.15) is 5.75 Å². The van der Waals surface area contributed by atoms with Gasteiger partial charge >= 0.3 is 6.03 Å². The fourth-order valence-electron chi connectivity index (χ4n) is 3.76. The molecule has 4 rings (SSSR count). The third kappa shape index (κ3) is 5.35. The van der Waals surface area contributed by atoms with Gasteiger partial charge in [0.2, 0.25) is 0 Å². The molecule has 35 heavy (non-hydrogen) atoms. The summed E-state index contributed by atoms with van der Waals surface area (Å²) in [4.78, 5) is 34.8. The summed E-state index contributed by atoms with van der Waals surface area (Å²) in [7, 11) is 4.62. The van der Waals surface area contributed by atoms with Gasteiger partial charge in [-0.25, -0.2) is 4.79 Å². The number of urea groups is 1. The molecule has 0 aliphatic carbocycles. The van der Waals surface area contributed by atoms with E-state index in [0.717, 1.165) is 10.9 Å². The molecule has 0 aliphatic rings. The van der Waals surface area contributed by atoms with Crippen LogP contribution in [-0.4, -0.2) is 42.2 Å². The Bertz CT molecular complexity index is 1390. The van der Waals surface area contributed by atoms with Crippen LogP contribution >= 0.6 is 0 Å². The molecule has 9 heteroatoms. The number of anilines is 1. The van der Waals surface area contributed by atoms with Crippen molar-refractivity contribution in [3.63, 3.8) is 0 Å². The number of nitrogens with zero attached hydrogens (tertiary/aromatic N) is 2. The van der Waals surface area contributed by atoms with Gasteiger partial charge in [-0.2, -0.15) is 0 Å². The lowest BCUT2D eigenvalue weighted by Gasteiger charge is -2.24. The fraction of sp³-hybridized carbons (Fsp3) is 0.192. The second-order valence-electron chi connectivity index (χ2n) is 7.77. The van der Waals surface area contributed by atoms with Gasteiger partial charge in [0, 0.05) is 36.0 Å². The van der Waals surface area contributed by atoms with Crippen LogP contribution < -0.4 is 25.1 Å². The highest BCUT2D eigenvalue weighted by molar-refractivity contribution is 5.91. The first-order valence-corrected chi connectivity index (χ1v) is 10.9. The highest BCUT2D eigenvalue weighted by Crippen LogP contribution is 2.31. The topological polar surface area (TPSA) is 106 Å². The molecule has 9 nitrogen and oxygen atoms in total. The maximum Gasteiger partial charge on any atom is 0.322 e. The van der Waals surface area contributed by atoms with Crippen LogP contribution in [0, 0.1) is 0 Å². The molecule has 0 spiro atoms. The first-order valence-electron chi connectivity index (χ1n) is 10.9. The minimum atomic E-state index is -0.384.